The second-order valence-electron chi connectivity index (χ2n) is 3.72. The molecule has 14 heavy (non-hydrogen) atoms. The van der Waals surface area contributed by atoms with E-state index in [4.69, 9.17) is 10.5 Å². The zero-order chi connectivity index (χ0) is 10.1. The summed E-state index contributed by atoms with van der Waals surface area (Å²) in [4.78, 5) is 0. The van der Waals surface area contributed by atoms with Gasteiger partial charge in [0.05, 0.1) is 7.11 Å². The average molecular weight is 195 g/mol. The summed E-state index contributed by atoms with van der Waals surface area (Å²) in [5.41, 5.74) is 7.97. The van der Waals surface area contributed by atoms with Crippen molar-refractivity contribution >= 4 is 0 Å². The topological polar surface area (TPSA) is 35.2 Å². The standard InChI is InChI=1S/C11H14FNO/c1-14-11-9-4-3-8(13)6-7(9)2-5-10(11)12/h2,5,8H,3-4,6,13H2,1H3/t8-/m0/s1. The predicted octanol–water partition coefficient (Wildman–Crippen LogP) is 1.65. The molecule has 0 amide bonds. The molecular formula is C11H14FNO. The van der Waals surface area contributed by atoms with Gasteiger partial charge in [-0.15, -0.1) is 0 Å². The summed E-state index contributed by atoms with van der Waals surface area (Å²) in [5.74, 6) is 0.121. The van der Waals surface area contributed by atoms with Crippen molar-refractivity contribution in [1.82, 2.24) is 0 Å². The molecule has 1 aromatic rings. The van der Waals surface area contributed by atoms with Crippen molar-refractivity contribution in [2.75, 3.05) is 7.11 Å². The van der Waals surface area contributed by atoms with Gasteiger partial charge in [-0.25, -0.2) is 4.39 Å². The number of hydrogen-bond acceptors (Lipinski definition) is 2. The molecule has 2 nitrogen and oxygen atoms in total. The third-order valence-electron chi connectivity index (χ3n) is 2.76. The summed E-state index contributed by atoms with van der Waals surface area (Å²) < 4.78 is 18.4. The van der Waals surface area contributed by atoms with Crippen LogP contribution in [-0.2, 0) is 12.8 Å². The minimum atomic E-state index is -0.276. The Morgan fingerprint density at radius 2 is 2.29 bits per heavy atom. The van der Waals surface area contributed by atoms with E-state index in [-0.39, 0.29) is 11.9 Å². The molecule has 1 aliphatic rings. The maximum Gasteiger partial charge on any atom is 0.165 e. The molecule has 2 rings (SSSR count). The molecular weight excluding hydrogens is 181 g/mol. The van der Waals surface area contributed by atoms with Crippen LogP contribution >= 0.6 is 0 Å². The second-order valence-corrected chi connectivity index (χ2v) is 3.72. The summed E-state index contributed by atoms with van der Waals surface area (Å²) in [7, 11) is 1.51. The van der Waals surface area contributed by atoms with E-state index in [2.05, 4.69) is 0 Å². The minimum absolute atomic E-state index is 0.206. The van der Waals surface area contributed by atoms with Crippen LogP contribution in [0.4, 0.5) is 4.39 Å². The van der Waals surface area contributed by atoms with E-state index >= 15 is 0 Å². The Morgan fingerprint density at radius 1 is 1.50 bits per heavy atom. The lowest BCUT2D eigenvalue weighted by molar-refractivity contribution is 0.376. The van der Waals surface area contributed by atoms with E-state index in [1.165, 1.54) is 13.2 Å². The fourth-order valence-electron chi connectivity index (χ4n) is 2.04. The van der Waals surface area contributed by atoms with Gasteiger partial charge >= 0.3 is 0 Å². The van der Waals surface area contributed by atoms with Gasteiger partial charge in [-0.2, -0.15) is 0 Å². The largest absolute Gasteiger partial charge is 0.493 e. The van der Waals surface area contributed by atoms with E-state index < -0.39 is 0 Å². The average Bonchev–Trinajstić information content (AvgIpc) is 2.18. The summed E-state index contributed by atoms with van der Waals surface area (Å²) in [5, 5.41) is 0. The highest BCUT2D eigenvalue weighted by atomic mass is 19.1. The van der Waals surface area contributed by atoms with Crippen molar-refractivity contribution in [3.63, 3.8) is 0 Å². The van der Waals surface area contributed by atoms with Crippen molar-refractivity contribution in [3.05, 3.63) is 29.1 Å². The highest BCUT2D eigenvalue weighted by molar-refractivity contribution is 5.43. The van der Waals surface area contributed by atoms with Gasteiger partial charge < -0.3 is 10.5 Å². The normalized spacial score (nSPS) is 20.4. The predicted molar refractivity (Wildman–Crippen MR) is 53.0 cm³/mol. The van der Waals surface area contributed by atoms with E-state index in [0.29, 0.717) is 5.75 Å². The van der Waals surface area contributed by atoms with Gasteiger partial charge in [-0.05, 0) is 30.9 Å². The molecule has 0 spiro atoms. The zero-order valence-corrected chi connectivity index (χ0v) is 8.22. The molecule has 1 atom stereocenters. The molecule has 0 heterocycles. The van der Waals surface area contributed by atoms with Crippen LogP contribution in [0.1, 0.15) is 17.5 Å². The first kappa shape index (κ1) is 9.46. The fourth-order valence-corrected chi connectivity index (χ4v) is 2.04. The number of ether oxygens (including phenoxy) is 1. The fraction of sp³-hybridized carbons (Fsp3) is 0.455. The molecule has 0 fully saturated rings. The lowest BCUT2D eigenvalue weighted by Gasteiger charge is -2.23. The molecule has 0 bridgehead atoms. The molecule has 0 aliphatic heterocycles. The van der Waals surface area contributed by atoms with Crippen LogP contribution in [0.2, 0.25) is 0 Å². The van der Waals surface area contributed by atoms with Gasteiger partial charge in [0, 0.05) is 11.6 Å². The molecule has 1 aliphatic carbocycles. The van der Waals surface area contributed by atoms with Crippen LogP contribution < -0.4 is 10.5 Å². The lowest BCUT2D eigenvalue weighted by Crippen LogP contribution is -2.28. The van der Waals surface area contributed by atoms with Crippen LogP contribution in [-0.4, -0.2) is 13.2 Å². The highest BCUT2D eigenvalue weighted by Gasteiger charge is 2.20. The second kappa shape index (κ2) is 3.58. The van der Waals surface area contributed by atoms with Crippen LogP contribution in [0.3, 0.4) is 0 Å². The van der Waals surface area contributed by atoms with E-state index in [9.17, 15) is 4.39 Å². The summed E-state index contributed by atoms with van der Waals surface area (Å²) in [6.07, 6.45) is 2.55. The Morgan fingerprint density at radius 3 is 3.00 bits per heavy atom. The van der Waals surface area contributed by atoms with Crippen LogP contribution in [0.25, 0.3) is 0 Å². The minimum Gasteiger partial charge on any atom is -0.493 e. The van der Waals surface area contributed by atoms with Crippen LogP contribution in [0.5, 0.6) is 5.75 Å². The quantitative estimate of drug-likeness (QED) is 0.739. The Bertz CT molecular complexity index is 351. The van der Waals surface area contributed by atoms with Gasteiger partial charge in [-0.3, -0.25) is 0 Å². The Labute approximate surface area is 82.9 Å². The molecule has 0 saturated heterocycles. The number of fused-ring (bicyclic) bond motifs is 1. The van der Waals surface area contributed by atoms with Crippen molar-refractivity contribution in [2.45, 2.75) is 25.3 Å². The SMILES string of the molecule is COc1c(F)ccc2c1CC[C@H](N)C2. The maximum atomic E-state index is 13.3. The van der Waals surface area contributed by atoms with Crippen LogP contribution in [0, 0.1) is 5.82 Å². The van der Waals surface area contributed by atoms with Gasteiger partial charge in [0.2, 0.25) is 0 Å². The van der Waals surface area contributed by atoms with E-state index in [1.807, 2.05) is 6.07 Å². The third-order valence-corrected chi connectivity index (χ3v) is 2.76. The molecule has 0 radical (unpaired) electrons. The molecule has 2 N–H and O–H groups in total. The molecule has 1 aromatic carbocycles. The number of benzene rings is 1. The number of methoxy groups -OCH3 is 1. The molecule has 0 saturated carbocycles. The summed E-state index contributed by atoms with van der Waals surface area (Å²) in [6, 6.07) is 3.47. The van der Waals surface area contributed by atoms with Crippen molar-refractivity contribution < 1.29 is 9.13 Å². The maximum absolute atomic E-state index is 13.3. The lowest BCUT2D eigenvalue weighted by atomic mass is 9.88. The first-order valence-electron chi connectivity index (χ1n) is 4.82. The van der Waals surface area contributed by atoms with E-state index in [0.717, 1.165) is 30.4 Å². The summed E-state index contributed by atoms with van der Waals surface area (Å²) >= 11 is 0. The first-order valence-corrected chi connectivity index (χ1v) is 4.82. The Hall–Kier alpha value is -1.09. The molecule has 76 valence electrons. The number of halogens is 1. The molecule has 3 heteroatoms. The van der Waals surface area contributed by atoms with Gasteiger partial charge in [-0.1, -0.05) is 6.07 Å². The monoisotopic (exact) mass is 195 g/mol. The molecule has 0 unspecified atom stereocenters. The van der Waals surface area contributed by atoms with Gasteiger partial charge in [0.15, 0.2) is 11.6 Å². The summed E-state index contributed by atoms with van der Waals surface area (Å²) in [6.45, 7) is 0. The molecule has 0 aromatic heterocycles. The number of nitrogens with two attached hydrogens (primary N) is 1. The number of hydrogen-bond donors (Lipinski definition) is 1. The zero-order valence-electron chi connectivity index (χ0n) is 8.22. The van der Waals surface area contributed by atoms with Crippen LogP contribution in [0.15, 0.2) is 12.1 Å². The van der Waals surface area contributed by atoms with Gasteiger partial charge in [0.25, 0.3) is 0 Å². The Kier molecular flexibility index (Phi) is 2.42. The smallest absolute Gasteiger partial charge is 0.165 e. The van der Waals surface area contributed by atoms with Gasteiger partial charge in [0.1, 0.15) is 0 Å². The van der Waals surface area contributed by atoms with Crippen molar-refractivity contribution in [1.29, 1.82) is 0 Å². The van der Waals surface area contributed by atoms with Crippen molar-refractivity contribution in [2.24, 2.45) is 5.73 Å². The third kappa shape index (κ3) is 1.48. The number of rotatable bonds is 1. The Balaban J connectivity index is 2.47. The van der Waals surface area contributed by atoms with E-state index in [1.54, 1.807) is 0 Å². The van der Waals surface area contributed by atoms with Crippen molar-refractivity contribution in [3.8, 4) is 5.75 Å². The highest BCUT2D eigenvalue weighted by Crippen LogP contribution is 2.31. The first-order chi connectivity index (χ1) is 6.72.